The maximum absolute atomic E-state index is 12.0. The number of aromatic carboxylic acids is 1. The lowest BCUT2D eigenvalue weighted by Crippen LogP contribution is -2.25. The first-order chi connectivity index (χ1) is 9.88. The molecule has 0 saturated carbocycles. The molecule has 8 heteroatoms. The number of thiazole rings is 1. The molecule has 1 aromatic heterocycles. The number of aromatic nitrogens is 1. The standard InChI is InChI=1S/C13H11BrN2O4S/c1-7-6-21-13(20)16(7)5-11(17)15-10-3-2-8(12(18)19)4-9(10)14/h2-4,6H,5H2,1H3,(H,15,17)(H,18,19). The van der Waals surface area contributed by atoms with E-state index in [4.69, 9.17) is 5.11 Å². The summed E-state index contributed by atoms with van der Waals surface area (Å²) >= 11 is 4.25. The number of carbonyl (C=O) groups is 2. The summed E-state index contributed by atoms with van der Waals surface area (Å²) in [6.07, 6.45) is 0. The number of carboxylic acids is 1. The van der Waals surface area contributed by atoms with Gasteiger partial charge in [0.1, 0.15) is 6.54 Å². The third-order valence-electron chi connectivity index (χ3n) is 2.77. The quantitative estimate of drug-likeness (QED) is 0.864. The van der Waals surface area contributed by atoms with Gasteiger partial charge in [-0.15, -0.1) is 0 Å². The molecule has 0 atom stereocenters. The molecule has 2 aromatic rings. The molecule has 0 bridgehead atoms. The van der Waals surface area contributed by atoms with Crippen LogP contribution in [0, 0.1) is 6.92 Å². The molecule has 110 valence electrons. The number of rotatable bonds is 4. The van der Waals surface area contributed by atoms with Crippen molar-refractivity contribution in [3.05, 3.63) is 49.0 Å². The average Bonchev–Trinajstić information content (AvgIpc) is 2.72. The Morgan fingerprint density at radius 3 is 2.67 bits per heavy atom. The van der Waals surface area contributed by atoms with Crippen LogP contribution in [0.3, 0.4) is 0 Å². The van der Waals surface area contributed by atoms with Crippen molar-refractivity contribution in [3.8, 4) is 0 Å². The number of hydrogen-bond donors (Lipinski definition) is 2. The average molecular weight is 371 g/mol. The van der Waals surface area contributed by atoms with Crippen molar-refractivity contribution < 1.29 is 14.7 Å². The summed E-state index contributed by atoms with van der Waals surface area (Å²) in [6, 6.07) is 4.29. The van der Waals surface area contributed by atoms with Gasteiger partial charge in [-0.2, -0.15) is 0 Å². The lowest BCUT2D eigenvalue weighted by atomic mass is 10.2. The molecule has 6 nitrogen and oxygen atoms in total. The van der Waals surface area contributed by atoms with Crippen molar-refractivity contribution in [2.45, 2.75) is 13.5 Å². The Kier molecular flexibility index (Phi) is 4.59. The van der Waals surface area contributed by atoms with Crippen LogP contribution in [-0.2, 0) is 11.3 Å². The number of anilines is 1. The smallest absolute Gasteiger partial charge is 0.335 e. The van der Waals surface area contributed by atoms with E-state index in [0.29, 0.717) is 10.2 Å². The van der Waals surface area contributed by atoms with E-state index in [1.165, 1.54) is 22.8 Å². The minimum Gasteiger partial charge on any atom is -0.478 e. The topological polar surface area (TPSA) is 88.4 Å². The second kappa shape index (κ2) is 6.23. The molecule has 1 aromatic carbocycles. The molecule has 0 spiro atoms. The molecular weight excluding hydrogens is 360 g/mol. The Labute approximate surface area is 132 Å². The summed E-state index contributed by atoms with van der Waals surface area (Å²) in [5, 5.41) is 13.2. The fourth-order valence-electron chi connectivity index (χ4n) is 1.68. The van der Waals surface area contributed by atoms with Gasteiger partial charge in [-0.25, -0.2) is 4.79 Å². The third-order valence-corrected chi connectivity index (χ3v) is 4.31. The van der Waals surface area contributed by atoms with Gasteiger partial charge in [0.25, 0.3) is 0 Å². The fraction of sp³-hybridized carbons (Fsp3) is 0.154. The predicted molar refractivity (Wildman–Crippen MR) is 83.0 cm³/mol. The summed E-state index contributed by atoms with van der Waals surface area (Å²) in [5.74, 6) is -1.41. The number of benzene rings is 1. The highest BCUT2D eigenvalue weighted by Crippen LogP contribution is 2.23. The largest absolute Gasteiger partial charge is 0.478 e. The van der Waals surface area contributed by atoms with Gasteiger partial charge >= 0.3 is 10.8 Å². The minimum absolute atomic E-state index is 0.0821. The van der Waals surface area contributed by atoms with E-state index in [1.807, 2.05) is 0 Å². The van der Waals surface area contributed by atoms with Gasteiger partial charge in [0.15, 0.2) is 0 Å². The van der Waals surface area contributed by atoms with Crippen molar-refractivity contribution >= 4 is 44.8 Å². The van der Waals surface area contributed by atoms with E-state index in [2.05, 4.69) is 21.2 Å². The van der Waals surface area contributed by atoms with Crippen LogP contribution < -0.4 is 10.2 Å². The number of carbonyl (C=O) groups excluding carboxylic acids is 1. The zero-order chi connectivity index (χ0) is 15.6. The van der Waals surface area contributed by atoms with Crippen LogP contribution in [0.2, 0.25) is 0 Å². The van der Waals surface area contributed by atoms with E-state index >= 15 is 0 Å². The monoisotopic (exact) mass is 370 g/mol. The molecule has 0 radical (unpaired) electrons. The van der Waals surface area contributed by atoms with Crippen LogP contribution in [0.5, 0.6) is 0 Å². The Morgan fingerprint density at radius 2 is 2.14 bits per heavy atom. The Hall–Kier alpha value is -1.93. The van der Waals surface area contributed by atoms with E-state index in [1.54, 1.807) is 12.3 Å². The summed E-state index contributed by atoms with van der Waals surface area (Å²) in [4.78, 5) is 34.1. The molecule has 2 N–H and O–H groups in total. The van der Waals surface area contributed by atoms with Gasteiger partial charge in [-0.1, -0.05) is 11.3 Å². The first-order valence-electron chi connectivity index (χ1n) is 5.86. The maximum Gasteiger partial charge on any atom is 0.335 e. The Morgan fingerprint density at radius 1 is 1.43 bits per heavy atom. The van der Waals surface area contributed by atoms with Crippen LogP contribution in [0.15, 0.2) is 32.8 Å². The number of halogens is 1. The van der Waals surface area contributed by atoms with Crippen LogP contribution in [-0.4, -0.2) is 21.6 Å². The van der Waals surface area contributed by atoms with Gasteiger partial charge in [0.05, 0.1) is 11.3 Å². The number of nitrogens with zero attached hydrogens (tertiary/aromatic N) is 1. The third kappa shape index (κ3) is 3.59. The van der Waals surface area contributed by atoms with Crippen molar-refractivity contribution in [3.63, 3.8) is 0 Å². The summed E-state index contributed by atoms with van der Waals surface area (Å²) < 4.78 is 1.84. The molecule has 0 unspecified atom stereocenters. The van der Waals surface area contributed by atoms with Crippen molar-refractivity contribution in [2.24, 2.45) is 0 Å². The van der Waals surface area contributed by atoms with E-state index < -0.39 is 5.97 Å². The van der Waals surface area contributed by atoms with E-state index in [-0.39, 0.29) is 22.9 Å². The normalized spacial score (nSPS) is 10.4. The Bertz CT molecular complexity index is 766. The molecule has 2 rings (SSSR count). The molecule has 1 amide bonds. The zero-order valence-electron chi connectivity index (χ0n) is 10.9. The Balaban J connectivity index is 2.13. The SMILES string of the molecule is Cc1csc(=O)n1CC(=O)Nc1ccc(C(=O)O)cc1Br. The molecule has 0 aliphatic carbocycles. The van der Waals surface area contributed by atoms with Crippen LogP contribution >= 0.6 is 27.3 Å². The number of carboxylic acid groups (broad SMARTS) is 1. The van der Waals surface area contributed by atoms with Gasteiger partial charge in [0.2, 0.25) is 5.91 Å². The second-order valence-electron chi connectivity index (χ2n) is 4.28. The predicted octanol–water partition coefficient (Wildman–Crippen LogP) is 2.32. The summed E-state index contributed by atoms with van der Waals surface area (Å²) in [6.45, 7) is 1.67. The zero-order valence-corrected chi connectivity index (χ0v) is 13.3. The molecule has 0 aliphatic heterocycles. The summed E-state index contributed by atoms with van der Waals surface area (Å²) in [7, 11) is 0. The lowest BCUT2D eigenvalue weighted by molar-refractivity contribution is -0.116. The van der Waals surface area contributed by atoms with Crippen molar-refractivity contribution in [1.82, 2.24) is 4.57 Å². The highest BCUT2D eigenvalue weighted by molar-refractivity contribution is 9.10. The molecule has 21 heavy (non-hydrogen) atoms. The minimum atomic E-state index is -1.05. The van der Waals surface area contributed by atoms with Crippen LogP contribution in [0.1, 0.15) is 16.1 Å². The van der Waals surface area contributed by atoms with Gasteiger partial charge in [-0.05, 0) is 41.1 Å². The van der Waals surface area contributed by atoms with E-state index in [9.17, 15) is 14.4 Å². The second-order valence-corrected chi connectivity index (χ2v) is 5.95. The number of amides is 1. The number of aryl methyl sites for hydroxylation is 1. The first kappa shape index (κ1) is 15.5. The highest BCUT2D eigenvalue weighted by atomic mass is 79.9. The molecule has 0 saturated heterocycles. The maximum atomic E-state index is 12.0. The van der Waals surface area contributed by atoms with Gasteiger partial charge in [-0.3, -0.25) is 14.2 Å². The number of hydrogen-bond acceptors (Lipinski definition) is 4. The van der Waals surface area contributed by atoms with Crippen LogP contribution in [0.25, 0.3) is 0 Å². The van der Waals surface area contributed by atoms with Crippen molar-refractivity contribution in [1.29, 1.82) is 0 Å². The highest BCUT2D eigenvalue weighted by Gasteiger charge is 2.11. The van der Waals surface area contributed by atoms with Crippen LogP contribution in [0.4, 0.5) is 5.69 Å². The van der Waals surface area contributed by atoms with Gasteiger partial charge < -0.3 is 10.4 Å². The molecular formula is C13H11BrN2O4S. The summed E-state index contributed by atoms with van der Waals surface area (Å²) in [5.41, 5.74) is 1.29. The molecule has 0 aliphatic rings. The van der Waals surface area contributed by atoms with Gasteiger partial charge in [0, 0.05) is 15.5 Å². The molecule has 1 heterocycles. The lowest BCUT2D eigenvalue weighted by Gasteiger charge is -2.09. The molecule has 0 fully saturated rings. The van der Waals surface area contributed by atoms with E-state index in [0.717, 1.165) is 17.0 Å². The fourth-order valence-corrected chi connectivity index (χ4v) is 2.89. The first-order valence-corrected chi connectivity index (χ1v) is 7.53. The number of nitrogens with one attached hydrogen (secondary N) is 1. The van der Waals surface area contributed by atoms with Crippen molar-refractivity contribution in [2.75, 3.05) is 5.32 Å².